The van der Waals surface area contributed by atoms with Gasteiger partial charge < -0.3 is 10.3 Å². The highest BCUT2D eigenvalue weighted by atomic mass is 16.6. The number of hydrogen-bond acceptors (Lipinski definition) is 7. The molecule has 0 aliphatic rings. The van der Waals surface area contributed by atoms with E-state index in [0.29, 0.717) is 0 Å². The second-order valence-corrected chi connectivity index (χ2v) is 4.25. The Labute approximate surface area is 123 Å². The van der Waals surface area contributed by atoms with Crippen molar-refractivity contribution in [3.05, 3.63) is 58.4 Å². The normalized spacial score (nSPS) is 11.1. The lowest BCUT2D eigenvalue weighted by molar-refractivity contribution is -0.384. The highest BCUT2D eigenvalue weighted by Crippen LogP contribution is 2.16. The van der Waals surface area contributed by atoms with Crippen LogP contribution in [0.5, 0.6) is 0 Å². The van der Waals surface area contributed by atoms with Crippen molar-refractivity contribution in [2.24, 2.45) is 5.10 Å². The summed E-state index contributed by atoms with van der Waals surface area (Å²) in [4.78, 5) is 11.3. The Morgan fingerprint density at radius 3 is 2.68 bits per heavy atom. The molecule has 0 radical (unpaired) electrons. The fourth-order valence-corrected chi connectivity index (χ4v) is 1.85. The molecule has 0 amide bonds. The molecule has 3 aromatic rings. The van der Waals surface area contributed by atoms with E-state index >= 15 is 0 Å². The molecular weight excluding hydrogens is 288 g/mol. The molecule has 0 atom stereocenters. The molecule has 0 fully saturated rings. The number of nitrogen functional groups attached to an aromatic ring is 1. The molecule has 2 heterocycles. The molecule has 0 unspecified atom stereocenters. The Kier molecular flexibility index (Phi) is 3.32. The first kappa shape index (κ1) is 13.4. The third kappa shape index (κ3) is 2.52. The van der Waals surface area contributed by atoms with Gasteiger partial charge in [-0.1, -0.05) is 9.89 Å². The largest absolute Gasteiger partial charge is 0.365 e. The van der Waals surface area contributed by atoms with Crippen LogP contribution in [-0.2, 0) is 0 Å². The average Bonchev–Trinajstić information content (AvgIpc) is 3.14. The van der Waals surface area contributed by atoms with Crippen LogP contribution < -0.4 is 5.73 Å². The fourth-order valence-electron chi connectivity index (χ4n) is 1.85. The van der Waals surface area contributed by atoms with Crippen LogP contribution in [0.25, 0.3) is 5.69 Å². The van der Waals surface area contributed by atoms with Gasteiger partial charge in [0.25, 0.3) is 11.6 Å². The van der Waals surface area contributed by atoms with E-state index in [0.717, 1.165) is 16.2 Å². The van der Waals surface area contributed by atoms with E-state index in [9.17, 15) is 10.1 Å². The molecule has 0 spiro atoms. The van der Waals surface area contributed by atoms with Crippen molar-refractivity contribution in [2.45, 2.75) is 0 Å². The number of aromatic nitrogens is 5. The van der Waals surface area contributed by atoms with Gasteiger partial charge >= 0.3 is 0 Å². The molecule has 2 N–H and O–H groups in total. The van der Waals surface area contributed by atoms with Crippen LogP contribution in [0.4, 0.5) is 11.6 Å². The molecule has 10 heteroatoms. The molecule has 110 valence electrons. The van der Waals surface area contributed by atoms with E-state index in [1.54, 1.807) is 12.1 Å². The summed E-state index contributed by atoms with van der Waals surface area (Å²) >= 11 is 0. The molecule has 0 aliphatic carbocycles. The number of tetrazole rings is 1. The number of nitrogens with zero attached hydrogens (tertiary/aromatic N) is 7. The lowest BCUT2D eigenvalue weighted by Gasteiger charge is -2.05. The quantitative estimate of drug-likeness (QED) is 0.431. The Balaban J connectivity index is 1.90. The SMILES string of the molecule is Nc1nnnn1N=Cc1cccn1-c1ccc([N+](=O)[O-])cc1. The van der Waals surface area contributed by atoms with Crippen LogP contribution in [0, 0.1) is 10.1 Å². The minimum absolute atomic E-state index is 0.0348. The lowest BCUT2D eigenvalue weighted by Crippen LogP contribution is -2.02. The van der Waals surface area contributed by atoms with Crippen molar-refractivity contribution in [1.29, 1.82) is 0 Å². The number of nitro benzene ring substituents is 1. The number of nitrogens with two attached hydrogens (primary N) is 1. The van der Waals surface area contributed by atoms with Crippen molar-refractivity contribution in [3.8, 4) is 5.69 Å². The number of hydrogen-bond donors (Lipinski definition) is 1. The van der Waals surface area contributed by atoms with Crippen molar-refractivity contribution in [2.75, 3.05) is 5.73 Å². The Hall–Kier alpha value is -3.56. The van der Waals surface area contributed by atoms with Gasteiger partial charge in [0.05, 0.1) is 16.8 Å². The van der Waals surface area contributed by atoms with Gasteiger partial charge in [0.2, 0.25) is 0 Å². The summed E-state index contributed by atoms with van der Waals surface area (Å²) in [5, 5.41) is 25.2. The lowest BCUT2D eigenvalue weighted by atomic mass is 10.3. The average molecular weight is 298 g/mol. The highest BCUT2D eigenvalue weighted by molar-refractivity contribution is 5.78. The molecule has 1 aromatic carbocycles. The summed E-state index contributed by atoms with van der Waals surface area (Å²) in [6.45, 7) is 0. The molecule has 0 bridgehead atoms. The molecule has 22 heavy (non-hydrogen) atoms. The summed E-state index contributed by atoms with van der Waals surface area (Å²) in [5.74, 6) is 0.0738. The zero-order valence-electron chi connectivity index (χ0n) is 11.1. The second kappa shape index (κ2) is 5.44. The molecular formula is C12H10N8O2. The zero-order chi connectivity index (χ0) is 15.5. The van der Waals surface area contributed by atoms with Gasteiger partial charge in [-0.15, -0.1) is 0 Å². The molecule has 10 nitrogen and oxygen atoms in total. The van der Waals surface area contributed by atoms with Crippen LogP contribution >= 0.6 is 0 Å². The van der Waals surface area contributed by atoms with Crippen LogP contribution in [0.1, 0.15) is 5.69 Å². The van der Waals surface area contributed by atoms with E-state index in [4.69, 9.17) is 5.73 Å². The van der Waals surface area contributed by atoms with Gasteiger partial charge in [0, 0.05) is 24.0 Å². The van der Waals surface area contributed by atoms with Crippen LogP contribution in [0.3, 0.4) is 0 Å². The van der Waals surface area contributed by atoms with E-state index in [-0.39, 0.29) is 11.6 Å². The number of non-ortho nitro benzene ring substituents is 1. The Morgan fingerprint density at radius 2 is 2.05 bits per heavy atom. The predicted molar refractivity (Wildman–Crippen MR) is 77.6 cm³/mol. The van der Waals surface area contributed by atoms with Crippen molar-refractivity contribution in [1.82, 2.24) is 24.9 Å². The molecule has 0 saturated carbocycles. The summed E-state index contributed by atoms with van der Waals surface area (Å²) in [6, 6.07) is 9.84. The minimum Gasteiger partial charge on any atom is -0.365 e. The first-order valence-electron chi connectivity index (χ1n) is 6.15. The molecule has 2 aromatic heterocycles. The van der Waals surface area contributed by atoms with E-state index < -0.39 is 4.92 Å². The smallest absolute Gasteiger partial charge is 0.269 e. The molecule has 0 saturated heterocycles. The van der Waals surface area contributed by atoms with Crippen molar-refractivity contribution in [3.63, 3.8) is 0 Å². The summed E-state index contributed by atoms with van der Waals surface area (Å²) in [7, 11) is 0. The number of anilines is 1. The van der Waals surface area contributed by atoms with Crippen molar-refractivity contribution < 1.29 is 4.92 Å². The van der Waals surface area contributed by atoms with E-state index in [1.165, 1.54) is 18.3 Å². The van der Waals surface area contributed by atoms with Gasteiger partial charge in [-0.3, -0.25) is 10.1 Å². The van der Waals surface area contributed by atoms with Crippen LogP contribution in [0.15, 0.2) is 47.7 Å². The Bertz CT molecular complexity index is 833. The third-order valence-electron chi connectivity index (χ3n) is 2.90. The predicted octanol–water partition coefficient (Wildman–Crippen LogP) is 0.836. The van der Waals surface area contributed by atoms with Crippen LogP contribution in [0.2, 0.25) is 0 Å². The standard InChI is InChI=1S/C12H10N8O2/c13-12-15-16-17-19(12)14-8-11-2-1-7-18(11)9-3-5-10(6-4-9)20(21)22/h1-8H,(H2,13,15,17). The summed E-state index contributed by atoms with van der Waals surface area (Å²) in [5.41, 5.74) is 7.06. The maximum Gasteiger partial charge on any atom is 0.269 e. The van der Waals surface area contributed by atoms with Gasteiger partial charge in [-0.25, -0.2) is 0 Å². The van der Waals surface area contributed by atoms with E-state index in [1.807, 2.05) is 22.9 Å². The maximum atomic E-state index is 10.7. The number of rotatable bonds is 4. The maximum absolute atomic E-state index is 10.7. The topological polar surface area (TPSA) is 130 Å². The van der Waals surface area contributed by atoms with Crippen molar-refractivity contribution >= 4 is 17.9 Å². The van der Waals surface area contributed by atoms with Crippen LogP contribution in [-0.4, -0.2) is 36.0 Å². The van der Waals surface area contributed by atoms with Gasteiger partial charge in [0.1, 0.15) is 0 Å². The first-order valence-corrected chi connectivity index (χ1v) is 6.15. The van der Waals surface area contributed by atoms with Gasteiger partial charge in [-0.2, -0.15) is 5.10 Å². The first-order chi connectivity index (χ1) is 10.6. The molecule has 3 rings (SSSR count). The highest BCUT2D eigenvalue weighted by Gasteiger charge is 2.06. The minimum atomic E-state index is -0.442. The summed E-state index contributed by atoms with van der Waals surface area (Å²) in [6.07, 6.45) is 3.35. The van der Waals surface area contributed by atoms with Gasteiger partial charge in [-0.05, 0) is 34.7 Å². The fraction of sp³-hybridized carbons (Fsp3) is 0. The molecule has 0 aliphatic heterocycles. The number of benzene rings is 1. The zero-order valence-corrected chi connectivity index (χ0v) is 11.1. The third-order valence-corrected chi connectivity index (χ3v) is 2.90. The second-order valence-electron chi connectivity index (χ2n) is 4.25. The Morgan fingerprint density at radius 1 is 1.27 bits per heavy atom. The monoisotopic (exact) mass is 298 g/mol. The summed E-state index contributed by atoms with van der Waals surface area (Å²) < 4.78 is 1.81. The van der Waals surface area contributed by atoms with E-state index in [2.05, 4.69) is 20.6 Å². The van der Waals surface area contributed by atoms with Gasteiger partial charge in [0.15, 0.2) is 0 Å². The number of nitro groups is 1.